The number of benzene rings is 3. The van der Waals surface area contributed by atoms with Crippen molar-refractivity contribution in [2.75, 3.05) is 18.9 Å². The zero-order chi connectivity index (χ0) is 19.0. The molecule has 3 aromatic carbocycles. The van der Waals surface area contributed by atoms with E-state index in [0.29, 0.717) is 22.4 Å². The van der Waals surface area contributed by atoms with Crippen LogP contribution in [0.3, 0.4) is 0 Å². The molecule has 0 radical (unpaired) electrons. The lowest BCUT2D eigenvalue weighted by atomic mass is 10.1. The number of sulfone groups is 1. The van der Waals surface area contributed by atoms with Crippen LogP contribution in [0.2, 0.25) is 0 Å². The van der Waals surface area contributed by atoms with Crippen LogP contribution in [0.5, 0.6) is 11.5 Å². The van der Waals surface area contributed by atoms with Crippen LogP contribution in [0.1, 0.15) is 5.56 Å². The van der Waals surface area contributed by atoms with Crippen LogP contribution in [-0.2, 0) is 15.6 Å². The molecule has 0 spiro atoms. The van der Waals surface area contributed by atoms with Gasteiger partial charge in [-0.15, -0.1) is 0 Å². The second kappa shape index (κ2) is 6.75. The Kier molecular flexibility index (Phi) is 4.41. The summed E-state index contributed by atoms with van der Waals surface area (Å²) in [5.41, 5.74) is 6.72. The first-order chi connectivity index (χ1) is 13.0. The molecule has 0 bridgehead atoms. The highest BCUT2D eigenvalue weighted by molar-refractivity contribution is 7.90. The van der Waals surface area contributed by atoms with Gasteiger partial charge in [0.25, 0.3) is 0 Å². The summed E-state index contributed by atoms with van der Waals surface area (Å²) < 4.78 is 37.7. The molecule has 0 amide bonds. The fraction of sp³-hybridized carbons (Fsp3) is 0.200. The van der Waals surface area contributed by atoms with Crippen LogP contribution in [0, 0.1) is 0 Å². The molecule has 0 saturated heterocycles. The van der Waals surface area contributed by atoms with Crippen molar-refractivity contribution >= 4 is 26.3 Å². The van der Waals surface area contributed by atoms with E-state index >= 15 is 0 Å². The Labute approximate surface area is 157 Å². The zero-order valence-electron chi connectivity index (χ0n) is 14.5. The van der Waals surface area contributed by atoms with Gasteiger partial charge in [0.2, 0.25) is 0 Å². The Morgan fingerprint density at radius 1 is 1.07 bits per heavy atom. The Morgan fingerprint density at radius 2 is 1.85 bits per heavy atom. The van der Waals surface area contributed by atoms with Crippen molar-refractivity contribution in [1.82, 2.24) is 0 Å². The van der Waals surface area contributed by atoms with Crippen LogP contribution in [0.15, 0.2) is 59.5 Å². The van der Waals surface area contributed by atoms with Crippen LogP contribution in [0.4, 0.5) is 5.69 Å². The van der Waals surface area contributed by atoms with E-state index in [1.54, 1.807) is 30.3 Å². The van der Waals surface area contributed by atoms with Crippen molar-refractivity contribution in [3.05, 3.63) is 60.2 Å². The van der Waals surface area contributed by atoms with Gasteiger partial charge in [-0.1, -0.05) is 36.4 Å². The maximum Gasteiger partial charge on any atom is 0.183 e. The number of fused-ring (bicyclic) bond motifs is 2. The summed E-state index contributed by atoms with van der Waals surface area (Å²) in [5.74, 6) is 0.387. The third kappa shape index (κ3) is 3.20. The van der Waals surface area contributed by atoms with Crippen molar-refractivity contribution in [2.45, 2.75) is 16.8 Å². The van der Waals surface area contributed by atoms with Crippen molar-refractivity contribution in [3.63, 3.8) is 0 Å². The Morgan fingerprint density at radius 3 is 2.67 bits per heavy atom. The third-order valence-electron chi connectivity index (χ3n) is 4.59. The average Bonchev–Trinajstić information content (AvgIpc) is 2.69. The van der Waals surface area contributed by atoms with Gasteiger partial charge < -0.3 is 20.3 Å². The maximum atomic E-state index is 13.2. The molecule has 0 saturated carbocycles. The fourth-order valence-electron chi connectivity index (χ4n) is 3.22. The largest absolute Gasteiger partial charge is 0.486 e. The summed E-state index contributed by atoms with van der Waals surface area (Å²) in [6.45, 7) is -0.0350. The smallest absolute Gasteiger partial charge is 0.183 e. The number of aliphatic hydroxyl groups excluding tert-OH is 1. The molecule has 0 aliphatic carbocycles. The predicted octanol–water partition coefficient (Wildman–Crippen LogP) is 2.53. The summed E-state index contributed by atoms with van der Waals surface area (Å²) in [4.78, 5) is 0.244. The summed E-state index contributed by atoms with van der Waals surface area (Å²) in [6, 6.07) is 15.8. The maximum absolute atomic E-state index is 13.2. The molecule has 1 aliphatic rings. The monoisotopic (exact) mass is 385 g/mol. The first-order valence-corrected chi connectivity index (χ1v) is 10.2. The molecule has 1 heterocycles. The highest BCUT2D eigenvalue weighted by atomic mass is 32.2. The molecule has 0 aromatic heterocycles. The van der Waals surface area contributed by atoms with Gasteiger partial charge in [-0.25, -0.2) is 8.42 Å². The van der Waals surface area contributed by atoms with E-state index in [9.17, 15) is 13.5 Å². The minimum absolute atomic E-state index is 0.197. The molecular weight excluding hydrogens is 366 g/mol. The minimum atomic E-state index is -3.70. The topological polar surface area (TPSA) is 98.9 Å². The first kappa shape index (κ1) is 17.6. The van der Waals surface area contributed by atoms with Crippen molar-refractivity contribution in [1.29, 1.82) is 0 Å². The van der Waals surface area contributed by atoms with E-state index in [-0.39, 0.29) is 29.6 Å². The number of hydrogen-bond donors (Lipinski definition) is 2. The average molecular weight is 385 g/mol. The highest BCUT2D eigenvalue weighted by Crippen LogP contribution is 2.40. The van der Waals surface area contributed by atoms with E-state index < -0.39 is 15.9 Å². The second-order valence-corrected chi connectivity index (χ2v) is 8.39. The van der Waals surface area contributed by atoms with E-state index in [1.807, 2.05) is 24.3 Å². The summed E-state index contributed by atoms with van der Waals surface area (Å²) in [5, 5.41) is 10.9. The Balaban J connectivity index is 1.80. The second-order valence-electron chi connectivity index (χ2n) is 6.43. The fourth-order valence-corrected chi connectivity index (χ4v) is 4.86. The van der Waals surface area contributed by atoms with Gasteiger partial charge in [-0.2, -0.15) is 0 Å². The number of hydrogen-bond acceptors (Lipinski definition) is 6. The molecule has 7 heteroatoms. The van der Waals surface area contributed by atoms with Crippen molar-refractivity contribution in [3.8, 4) is 11.5 Å². The molecule has 4 rings (SSSR count). The molecule has 3 aromatic rings. The van der Waals surface area contributed by atoms with E-state index in [4.69, 9.17) is 15.2 Å². The predicted molar refractivity (Wildman–Crippen MR) is 103 cm³/mol. The number of nitrogen functional groups attached to an aromatic ring is 1. The van der Waals surface area contributed by atoms with Gasteiger partial charge in [0, 0.05) is 16.6 Å². The van der Waals surface area contributed by atoms with Gasteiger partial charge in [-0.3, -0.25) is 0 Å². The summed E-state index contributed by atoms with van der Waals surface area (Å²) in [7, 11) is -3.70. The van der Waals surface area contributed by atoms with E-state index in [2.05, 4.69) is 0 Å². The zero-order valence-corrected chi connectivity index (χ0v) is 15.3. The Bertz CT molecular complexity index is 1110. The molecule has 3 N–H and O–H groups in total. The van der Waals surface area contributed by atoms with Crippen LogP contribution in [-0.4, -0.2) is 32.8 Å². The standard InChI is InChI=1S/C20H19NO5S/c21-17-8-9-18-20(26-14(10-22)11-25-18)16(17)12-27(23,24)19-7-3-5-13-4-1-2-6-15(13)19/h1-9,14,22H,10-12,21H2/t14-/m0/s1. The lowest BCUT2D eigenvalue weighted by molar-refractivity contribution is 0.0450. The molecular formula is C20H19NO5S. The van der Waals surface area contributed by atoms with E-state index in [1.165, 1.54) is 0 Å². The number of rotatable bonds is 4. The van der Waals surface area contributed by atoms with Gasteiger partial charge in [0.05, 0.1) is 17.3 Å². The van der Waals surface area contributed by atoms with Gasteiger partial charge in [0.1, 0.15) is 6.61 Å². The lowest BCUT2D eigenvalue weighted by Crippen LogP contribution is -2.33. The SMILES string of the molecule is Nc1ccc2c(c1CS(=O)(=O)c1cccc3ccccc13)O[C@@H](CO)CO2. The summed E-state index contributed by atoms with van der Waals surface area (Å²) in [6.07, 6.45) is -0.557. The number of nitrogens with two attached hydrogens (primary N) is 1. The van der Waals surface area contributed by atoms with Crippen molar-refractivity contribution < 1.29 is 23.0 Å². The highest BCUT2D eigenvalue weighted by Gasteiger charge is 2.28. The molecule has 1 atom stereocenters. The molecule has 1 aliphatic heterocycles. The number of anilines is 1. The molecule has 140 valence electrons. The number of ether oxygens (including phenoxy) is 2. The van der Waals surface area contributed by atoms with Crippen molar-refractivity contribution in [2.24, 2.45) is 0 Å². The normalized spacial score (nSPS) is 16.4. The summed E-state index contributed by atoms with van der Waals surface area (Å²) >= 11 is 0. The third-order valence-corrected chi connectivity index (χ3v) is 6.29. The molecule has 0 fully saturated rings. The molecule has 6 nitrogen and oxygen atoms in total. The van der Waals surface area contributed by atoms with E-state index in [0.717, 1.165) is 5.39 Å². The van der Waals surface area contributed by atoms with Gasteiger partial charge >= 0.3 is 0 Å². The first-order valence-electron chi connectivity index (χ1n) is 8.52. The van der Waals surface area contributed by atoms with Crippen LogP contribution in [0.25, 0.3) is 10.8 Å². The Hall–Kier alpha value is -2.77. The quantitative estimate of drug-likeness (QED) is 0.670. The van der Waals surface area contributed by atoms with Gasteiger partial charge in [-0.05, 0) is 23.6 Å². The van der Waals surface area contributed by atoms with Crippen LogP contribution < -0.4 is 15.2 Å². The lowest BCUT2D eigenvalue weighted by Gasteiger charge is -2.27. The minimum Gasteiger partial charge on any atom is -0.486 e. The molecule has 0 unspecified atom stereocenters. The molecule has 27 heavy (non-hydrogen) atoms. The van der Waals surface area contributed by atoms with Gasteiger partial charge in [0.15, 0.2) is 27.4 Å². The van der Waals surface area contributed by atoms with Crippen LogP contribution >= 0.6 is 0 Å². The number of aliphatic hydroxyl groups is 1.